The van der Waals surface area contributed by atoms with Crippen molar-refractivity contribution in [2.75, 3.05) is 32.3 Å². The highest BCUT2D eigenvalue weighted by Crippen LogP contribution is 2.40. The van der Waals surface area contributed by atoms with E-state index in [2.05, 4.69) is 9.71 Å². The van der Waals surface area contributed by atoms with Gasteiger partial charge in [0.1, 0.15) is 11.6 Å². The van der Waals surface area contributed by atoms with Crippen LogP contribution in [0.4, 0.5) is 10.1 Å². The maximum Gasteiger partial charge on any atom is 0.338 e. The van der Waals surface area contributed by atoms with Gasteiger partial charge in [0.15, 0.2) is 0 Å². The van der Waals surface area contributed by atoms with Crippen LogP contribution in [0, 0.1) is 5.82 Å². The van der Waals surface area contributed by atoms with Crippen LogP contribution in [0.25, 0.3) is 23.3 Å². The monoisotopic (exact) mass is 542 g/mol. The number of nitrogens with one attached hydrogen (secondary N) is 1. The molecule has 2 aromatic carbocycles. The van der Waals surface area contributed by atoms with Crippen molar-refractivity contribution in [1.29, 1.82) is 0 Å². The quantitative estimate of drug-likeness (QED) is 0.295. The van der Waals surface area contributed by atoms with Crippen LogP contribution in [0.2, 0.25) is 0 Å². The standard InChI is InChI=1S/C28H31FN2O6S/c1-28(2,3)24-13-19(22-14-20(29)16-30-26(22)36-5)12-18(25(24)35-4)9-8-17-10-11-21(31-38(7,33)34)15-23(17)27(32)37-6/h8-16,31H,1-7H3. The van der Waals surface area contributed by atoms with Gasteiger partial charge in [-0.2, -0.15) is 0 Å². The number of carbonyl (C=O) groups is 1. The second kappa shape index (κ2) is 11.2. The predicted molar refractivity (Wildman–Crippen MR) is 147 cm³/mol. The Morgan fingerprint density at radius 2 is 1.68 bits per heavy atom. The van der Waals surface area contributed by atoms with Gasteiger partial charge in [-0.25, -0.2) is 22.6 Å². The van der Waals surface area contributed by atoms with E-state index in [1.807, 2.05) is 32.9 Å². The van der Waals surface area contributed by atoms with Crippen molar-refractivity contribution >= 4 is 33.8 Å². The zero-order chi connectivity index (χ0) is 28.3. The molecule has 202 valence electrons. The summed E-state index contributed by atoms with van der Waals surface area (Å²) in [6, 6.07) is 9.66. The van der Waals surface area contributed by atoms with E-state index in [1.54, 1.807) is 31.4 Å². The molecule has 0 atom stereocenters. The molecule has 0 aliphatic heterocycles. The number of hydrogen-bond acceptors (Lipinski definition) is 7. The summed E-state index contributed by atoms with van der Waals surface area (Å²) in [5, 5.41) is 0. The van der Waals surface area contributed by atoms with Crippen molar-refractivity contribution in [3.8, 4) is 22.8 Å². The van der Waals surface area contributed by atoms with Gasteiger partial charge in [0.25, 0.3) is 0 Å². The molecule has 0 amide bonds. The Balaban J connectivity index is 2.23. The van der Waals surface area contributed by atoms with Gasteiger partial charge in [-0.1, -0.05) is 39.0 Å². The average molecular weight is 543 g/mol. The predicted octanol–water partition coefficient (Wildman–Crippen LogP) is 5.53. The van der Waals surface area contributed by atoms with Gasteiger partial charge in [0.05, 0.1) is 39.3 Å². The van der Waals surface area contributed by atoms with E-state index in [9.17, 15) is 17.6 Å². The number of nitrogens with zero attached hydrogens (tertiary/aromatic N) is 1. The molecule has 0 radical (unpaired) electrons. The number of hydrogen-bond donors (Lipinski definition) is 1. The summed E-state index contributed by atoms with van der Waals surface area (Å²) in [7, 11) is 0.739. The van der Waals surface area contributed by atoms with Gasteiger partial charge in [0, 0.05) is 22.4 Å². The van der Waals surface area contributed by atoms with Crippen molar-refractivity contribution in [2.45, 2.75) is 26.2 Å². The Labute approximate surface area is 222 Å². The third-order valence-corrected chi connectivity index (χ3v) is 6.26. The SMILES string of the molecule is COC(=O)c1cc(NS(C)(=O)=O)ccc1C=Cc1cc(-c2cc(F)cnc2OC)cc(C(C)(C)C)c1OC. The molecule has 38 heavy (non-hydrogen) atoms. The lowest BCUT2D eigenvalue weighted by molar-refractivity contribution is 0.0600. The molecule has 1 N–H and O–H groups in total. The molecule has 0 unspecified atom stereocenters. The minimum atomic E-state index is -3.54. The molecule has 1 heterocycles. The Morgan fingerprint density at radius 1 is 1.00 bits per heavy atom. The minimum Gasteiger partial charge on any atom is -0.496 e. The van der Waals surface area contributed by atoms with E-state index in [0.29, 0.717) is 28.0 Å². The van der Waals surface area contributed by atoms with Crippen LogP contribution in [0.5, 0.6) is 11.6 Å². The average Bonchev–Trinajstić information content (AvgIpc) is 2.85. The maximum atomic E-state index is 14.2. The fourth-order valence-corrected chi connectivity index (χ4v) is 4.51. The first-order valence-corrected chi connectivity index (χ1v) is 13.5. The van der Waals surface area contributed by atoms with Gasteiger partial charge >= 0.3 is 5.97 Å². The van der Waals surface area contributed by atoms with Crippen molar-refractivity contribution in [2.24, 2.45) is 0 Å². The molecular formula is C28H31FN2O6S. The smallest absolute Gasteiger partial charge is 0.338 e. The summed E-state index contributed by atoms with van der Waals surface area (Å²) >= 11 is 0. The van der Waals surface area contributed by atoms with E-state index in [1.165, 1.54) is 26.4 Å². The summed E-state index contributed by atoms with van der Waals surface area (Å²) < 4.78 is 55.9. The highest BCUT2D eigenvalue weighted by molar-refractivity contribution is 7.92. The Morgan fingerprint density at radius 3 is 2.26 bits per heavy atom. The van der Waals surface area contributed by atoms with Crippen LogP contribution in [0.1, 0.15) is 47.8 Å². The van der Waals surface area contributed by atoms with Gasteiger partial charge in [-0.15, -0.1) is 0 Å². The lowest BCUT2D eigenvalue weighted by atomic mass is 9.83. The Kier molecular flexibility index (Phi) is 8.46. The topological polar surface area (TPSA) is 104 Å². The van der Waals surface area contributed by atoms with Gasteiger partial charge in [-0.05, 0) is 46.9 Å². The number of sulfonamides is 1. The molecular weight excluding hydrogens is 511 g/mol. The lowest BCUT2D eigenvalue weighted by Crippen LogP contribution is -2.14. The van der Waals surface area contributed by atoms with Crippen molar-refractivity contribution in [3.05, 3.63) is 70.7 Å². The second-order valence-corrected chi connectivity index (χ2v) is 11.4. The fourth-order valence-electron chi connectivity index (χ4n) is 3.96. The minimum absolute atomic E-state index is 0.166. The summed E-state index contributed by atoms with van der Waals surface area (Å²) in [6.07, 6.45) is 5.58. The van der Waals surface area contributed by atoms with Crippen molar-refractivity contribution < 1.29 is 31.8 Å². The van der Waals surface area contributed by atoms with E-state index in [0.717, 1.165) is 18.0 Å². The molecule has 0 aliphatic rings. The summed E-state index contributed by atoms with van der Waals surface area (Å²) in [5.74, 6) is -0.255. The molecule has 0 fully saturated rings. The summed E-state index contributed by atoms with van der Waals surface area (Å²) in [4.78, 5) is 16.6. The van der Waals surface area contributed by atoms with E-state index in [4.69, 9.17) is 14.2 Å². The number of carbonyl (C=O) groups excluding carboxylic acids is 1. The summed E-state index contributed by atoms with van der Waals surface area (Å²) in [5.41, 5.74) is 3.21. The highest BCUT2D eigenvalue weighted by Gasteiger charge is 2.23. The number of aromatic nitrogens is 1. The molecule has 0 saturated carbocycles. The normalized spacial score (nSPS) is 11.9. The van der Waals surface area contributed by atoms with Gasteiger partial charge in [0.2, 0.25) is 15.9 Å². The molecule has 0 bridgehead atoms. The zero-order valence-corrected chi connectivity index (χ0v) is 23.2. The van der Waals surface area contributed by atoms with E-state index >= 15 is 0 Å². The van der Waals surface area contributed by atoms with Crippen LogP contribution in [-0.4, -0.2) is 47.0 Å². The molecule has 1 aromatic heterocycles. The number of benzene rings is 2. The third-order valence-electron chi connectivity index (χ3n) is 5.66. The van der Waals surface area contributed by atoms with Crippen molar-refractivity contribution in [3.63, 3.8) is 0 Å². The maximum absolute atomic E-state index is 14.2. The van der Waals surface area contributed by atoms with Crippen LogP contribution in [0.3, 0.4) is 0 Å². The van der Waals surface area contributed by atoms with Crippen molar-refractivity contribution in [1.82, 2.24) is 4.98 Å². The van der Waals surface area contributed by atoms with Crippen LogP contribution >= 0.6 is 0 Å². The number of rotatable bonds is 8. The number of halogens is 1. The number of anilines is 1. The molecule has 8 nitrogen and oxygen atoms in total. The lowest BCUT2D eigenvalue weighted by Gasteiger charge is -2.25. The van der Waals surface area contributed by atoms with Crippen LogP contribution in [-0.2, 0) is 20.2 Å². The first kappa shape index (κ1) is 28.6. The number of pyridine rings is 1. The largest absolute Gasteiger partial charge is 0.496 e. The fraction of sp³-hybridized carbons (Fsp3) is 0.286. The molecule has 10 heteroatoms. The molecule has 0 saturated heterocycles. The van der Waals surface area contributed by atoms with Gasteiger partial charge in [-0.3, -0.25) is 4.72 Å². The second-order valence-electron chi connectivity index (χ2n) is 9.61. The molecule has 3 rings (SSSR count). The Hall–Kier alpha value is -3.92. The Bertz CT molecular complexity index is 1490. The summed E-state index contributed by atoms with van der Waals surface area (Å²) in [6.45, 7) is 6.10. The number of ether oxygens (including phenoxy) is 3. The van der Waals surface area contributed by atoms with E-state index < -0.39 is 21.8 Å². The third kappa shape index (κ3) is 6.69. The number of methoxy groups -OCH3 is 3. The first-order valence-electron chi connectivity index (χ1n) is 11.6. The molecule has 0 aliphatic carbocycles. The first-order chi connectivity index (χ1) is 17.8. The highest BCUT2D eigenvalue weighted by atomic mass is 32.2. The zero-order valence-electron chi connectivity index (χ0n) is 22.4. The molecule has 3 aromatic rings. The van der Waals surface area contributed by atoms with Gasteiger partial charge < -0.3 is 14.2 Å². The number of esters is 1. The molecule has 0 spiro atoms. The van der Waals surface area contributed by atoms with E-state index in [-0.39, 0.29) is 22.5 Å². The van der Waals surface area contributed by atoms with Crippen LogP contribution in [0.15, 0.2) is 42.6 Å². The van der Waals surface area contributed by atoms with Crippen LogP contribution < -0.4 is 14.2 Å².